The van der Waals surface area contributed by atoms with Crippen molar-refractivity contribution in [3.05, 3.63) is 28.5 Å². The Balaban J connectivity index is 2.48. The predicted molar refractivity (Wildman–Crippen MR) is 63.4 cm³/mol. The van der Waals surface area contributed by atoms with Crippen LogP contribution in [0.4, 0.5) is 14.9 Å². The van der Waals surface area contributed by atoms with Crippen molar-refractivity contribution >= 4 is 33.6 Å². The lowest BCUT2D eigenvalue weighted by atomic mass is 10.3. The minimum absolute atomic E-state index is 0.0146. The van der Waals surface area contributed by atoms with Crippen LogP contribution in [-0.4, -0.2) is 23.7 Å². The van der Waals surface area contributed by atoms with Crippen LogP contribution in [0.1, 0.15) is 6.42 Å². The summed E-state index contributed by atoms with van der Waals surface area (Å²) in [4.78, 5) is 21.4. The molecule has 3 N–H and O–H groups in total. The predicted octanol–water partition coefficient (Wildman–Crippen LogP) is 2.18. The second-order valence-corrected chi connectivity index (χ2v) is 4.06. The third-order valence-corrected chi connectivity index (χ3v) is 2.30. The molecule has 0 unspecified atom stereocenters. The maximum absolute atomic E-state index is 13.3. The molecule has 5 nitrogen and oxygen atoms in total. The van der Waals surface area contributed by atoms with Crippen LogP contribution in [0.5, 0.6) is 0 Å². The Bertz CT molecular complexity index is 440. The van der Waals surface area contributed by atoms with Gasteiger partial charge in [-0.25, -0.2) is 9.18 Å². The zero-order valence-corrected chi connectivity index (χ0v) is 10.3. The Morgan fingerprint density at radius 3 is 2.71 bits per heavy atom. The van der Waals surface area contributed by atoms with Crippen molar-refractivity contribution in [3.63, 3.8) is 0 Å². The van der Waals surface area contributed by atoms with Crippen molar-refractivity contribution in [2.45, 2.75) is 6.42 Å². The third-order valence-electron chi connectivity index (χ3n) is 1.80. The smallest absolute Gasteiger partial charge is 0.319 e. The second kappa shape index (κ2) is 6.19. The molecule has 1 aromatic rings. The Hall–Kier alpha value is -1.63. The molecular formula is C10H10BrFN2O3. The average Bonchev–Trinajstić information content (AvgIpc) is 2.21. The number of halogens is 2. The summed E-state index contributed by atoms with van der Waals surface area (Å²) in [6, 6.07) is 3.55. The van der Waals surface area contributed by atoms with Crippen molar-refractivity contribution in [1.82, 2.24) is 5.32 Å². The van der Waals surface area contributed by atoms with E-state index >= 15 is 0 Å². The monoisotopic (exact) mass is 304 g/mol. The van der Waals surface area contributed by atoms with Crippen LogP contribution in [0.25, 0.3) is 0 Å². The van der Waals surface area contributed by atoms with Crippen LogP contribution in [-0.2, 0) is 4.79 Å². The van der Waals surface area contributed by atoms with Crippen molar-refractivity contribution < 1.29 is 19.1 Å². The maximum atomic E-state index is 13.3. The number of anilines is 1. The lowest BCUT2D eigenvalue weighted by molar-refractivity contribution is -0.136. The highest BCUT2D eigenvalue weighted by Gasteiger charge is 2.07. The molecule has 0 bridgehead atoms. The van der Waals surface area contributed by atoms with E-state index in [-0.39, 0.29) is 18.7 Å². The van der Waals surface area contributed by atoms with Gasteiger partial charge in [0, 0.05) is 11.0 Å². The van der Waals surface area contributed by atoms with E-state index in [1.165, 1.54) is 12.1 Å². The van der Waals surface area contributed by atoms with E-state index in [4.69, 9.17) is 5.11 Å². The number of rotatable bonds is 4. The molecule has 0 fully saturated rings. The van der Waals surface area contributed by atoms with E-state index in [0.29, 0.717) is 4.47 Å². The SMILES string of the molecule is O=C(O)CCNC(=O)Nc1ccc(Br)cc1F. The minimum atomic E-state index is -1.01. The molecule has 0 radical (unpaired) electrons. The maximum Gasteiger partial charge on any atom is 0.319 e. The van der Waals surface area contributed by atoms with Crippen molar-refractivity contribution in [1.29, 1.82) is 0 Å². The number of aliphatic carboxylic acids is 1. The molecule has 1 rings (SSSR count). The van der Waals surface area contributed by atoms with Crippen molar-refractivity contribution in [2.75, 3.05) is 11.9 Å². The quantitative estimate of drug-likeness (QED) is 0.798. The summed E-state index contributed by atoms with van der Waals surface area (Å²) in [6.45, 7) is -0.0146. The number of amides is 2. The molecule has 0 aliphatic rings. The average molecular weight is 305 g/mol. The van der Waals surface area contributed by atoms with Crippen LogP contribution < -0.4 is 10.6 Å². The number of carbonyl (C=O) groups is 2. The van der Waals surface area contributed by atoms with Crippen LogP contribution in [0.3, 0.4) is 0 Å². The number of carboxylic acid groups (broad SMARTS) is 1. The molecule has 0 spiro atoms. The van der Waals surface area contributed by atoms with Gasteiger partial charge in [0.2, 0.25) is 0 Å². The number of hydrogen-bond acceptors (Lipinski definition) is 2. The molecule has 0 aliphatic heterocycles. The Labute approximate surface area is 105 Å². The molecule has 2 amide bonds. The highest BCUT2D eigenvalue weighted by molar-refractivity contribution is 9.10. The normalized spacial score (nSPS) is 9.76. The van der Waals surface area contributed by atoms with Gasteiger partial charge in [-0.05, 0) is 18.2 Å². The lowest BCUT2D eigenvalue weighted by Crippen LogP contribution is -2.30. The zero-order valence-electron chi connectivity index (χ0n) is 8.67. The first-order valence-corrected chi connectivity index (χ1v) is 5.50. The van der Waals surface area contributed by atoms with Gasteiger partial charge in [0.15, 0.2) is 0 Å². The first kappa shape index (κ1) is 13.4. The van der Waals surface area contributed by atoms with E-state index in [9.17, 15) is 14.0 Å². The van der Waals surface area contributed by atoms with Gasteiger partial charge >= 0.3 is 12.0 Å². The van der Waals surface area contributed by atoms with Crippen molar-refractivity contribution in [2.24, 2.45) is 0 Å². The van der Waals surface area contributed by atoms with Gasteiger partial charge < -0.3 is 15.7 Å². The highest BCUT2D eigenvalue weighted by Crippen LogP contribution is 2.18. The van der Waals surface area contributed by atoms with Crippen LogP contribution in [0.2, 0.25) is 0 Å². The first-order chi connectivity index (χ1) is 7.99. The van der Waals surface area contributed by atoms with Crippen molar-refractivity contribution in [3.8, 4) is 0 Å². The minimum Gasteiger partial charge on any atom is -0.481 e. The van der Waals surface area contributed by atoms with Gasteiger partial charge in [-0.3, -0.25) is 4.79 Å². The number of urea groups is 1. The molecule has 7 heteroatoms. The van der Waals surface area contributed by atoms with E-state index in [1.807, 2.05) is 0 Å². The van der Waals surface area contributed by atoms with E-state index in [1.54, 1.807) is 6.07 Å². The fourth-order valence-electron chi connectivity index (χ4n) is 1.04. The molecule has 1 aromatic carbocycles. The van der Waals surface area contributed by atoms with E-state index in [2.05, 4.69) is 26.6 Å². The Kier molecular flexibility index (Phi) is 4.89. The summed E-state index contributed by atoms with van der Waals surface area (Å²) in [5.41, 5.74) is 0.0287. The van der Waals surface area contributed by atoms with Gasteiger partial charge in [0.25, 0.3) is 0 Å². The van der Waals surface area contributed by atoms with Gasteiger partial charge in [-0.2, -0.15) is 0 Å². The molecule has 17 heavy (non-hydrogen) atoms. The largest absolute Gasteiger partial charge is 0.481 e. The number of benzene rings is 1. The Morgan fingerprint density at radius 2 is 2.12 bits per heavy atom. The molecule has 0 heterocycles. The summed E-state index contributed by atoms with van der Waals surface area (Å²) in [6.07, 6.45) is -0.184. The first-order valence-electron chi connectivity index (χ1n) is 4.70. The summed E-state index contributed by atoms with van der Waals surface area (Å²) in [5.74, 6) is -1.59. The van der Waals surface area contributed by atoms with Gasteiger partial charge in [-0.1, -0.05) is 15.9 Å². The van der Waals surface area contributed by atoms with Crippen LogP contribution in [0.15, 0.2) is 22.7 Å². The molecule has 0 aliphatic carbocycles. The molecule has 0 aromatic heterocycles. The summed E-state index contributed by atoms with van der Waals surface area (Å²) in [5, 5.41) is 12.9. The molecule has 0 saturated carbocycles. The van der Waals surface area contributed by atoms with Gasteiger partial charge in [-0.15, -0.1) is 0 Å². The summed E-state index contributed by atoms with van der Waals surface area (Å²) < 4.78 is 13.9. The second-order valence-electron chi connectivity index (χ2n) is 3.15. The molecule has 0 saturated heterocycles. The van der Waals surface area contributed by atoms with E-state index < -0.39 is 17.8 Å². The van der Waals surface area contributed by atoms with E-state index in [0.717, 1.165) is 0 Å². The zero-order chi connectivity index (χ0) is 12.8. The van der Waals surface area contributed by atoms with Crippen LogP contribution in [0, 0.1) is 5.82 Å². The lowest BCUT2D eigenvalue weighted by Gasteiger charge is -2.07. The molecule has 92 valence electrons. The molecular weight excluding hydrogens is 295 g/mol. The Morgan fingerprint density at radius 1 is 1.41 bits per heavy atom. The standard InChI is InChI=1S/C10H10BrFN2O3/c11-6-1-2-8(7(12)5-6)14-10(17)13-4-3-9(15)16/h1-2,5H,3-4H2,(H,15,16)(H2,13,14,17). The highest BCUT2D eigenvalue weighted by atomic mass is 79.9. The fraction of sp³-hybridized carbons (Fsp3) is 0.200. The number of nitrogens with one attached hydrogen (secondary N) is 2. The van der Waals surface area contributed by atoms with Gasteiger partial charge in [0.1, 0.15) is 5.82 Å². The van der Waals surface area contributed by atoms with Gasteiger partial charge in [0.05, 0.1) is 12.1 Å². The number of hydrogen-bond donors (Lipinski definition) is 3. The summed E-state index contributed by atoms with van der Waals surface area (Å²) >= 11 is 3.09. The molecule has 0 atom stereocenters. The summed E-state index contributed by atoms with van der Waals surface area (Å²) in [7, 11) is 0. The topological polar surface area (TPSA) is 78.4 Å². The fourth-order valence-corrected chi connectivity index (χ4v) is 1.37. The number of carbonyl (C=O) groups excluding carboxylic acids is 1. The third kappa shape index (κ3) is 4.81. The number of carboxylic acids is 1. The van der Waals surface area contributed by atoms with Crippen LogP contribution >= 0.6 is 15.9 Å².